The molecule has 214 valence electrons. The summed E-state index contributed by atoms with van der Waals surface area (Å²) in [6.45, 7) is 24.4. The Balaban J connectivity index is 1.93. The molecule has 2 unspecified atom stereocenters. The van der Waals surface area contributed by atoms with E-state index in [-0.39, 0.29) is 17.6 Å². The predicted molar refractivity (Wildman–Crippen MR) is 163 cm³/mol. The van der Waals surface area contributed by atoms with Crippen LogP contribution in [0.25, 0.3) is 0 Å². The Hall–Kier alpha value is -1.47. The van der Waals surface area contributed by atoms with Gasteiger partial charge in [0.15, 0.2) is 8.32 Å². The molecule has 0 fully saturated rings. The van der Waals surface area contributed by atoms with Crippen LogP contribution in [0, 0.1) is 0 Å². The molecule has 0 saturated carbocycles. The summed E-state index contributed by atoms with van der Waals surface area (Å²) in [4.78, 5) is 0. The van der Waals surface area contributed by atoms with Crippen molar-refractivity contribution in [2.45, 2.75) is 91.1 Å². The van der Waals surface area contributed by atoms with E-state index in [9.17, 15) is 0 Å². The Bertz CT molecular complexity index is 985. The zero-order valence-electron chi connectivity index (χ0n) is 25.6. The molecule has 0 aliphatic rings. The highest BCUT2D eigenvalue weighted by Crippen LogP contribution is 2.33. The van der Waals surface area contributed by atoms with E-state index < -0.39 is 25.4 Å². The van der Waals surface area contributed by atoms with Gasteiger partial charge in [-0.2, -0.15) is 0 Å². The zero-order chi connectivity index (χ0) is 28.8. The lowest BCUT2D eigenvalue weighted by Crippen LogP contribution is -2.53. The standard InChI is InChI=1S/C29H50O6Si3/c1-23(30-5)21-31-27-17-13-25(14-18-27)29(3,4)26-15-19-28(20-16-26)32-22-24(2)33-37(9,10)35-38(11,12)34-36(6,7)8/h13-20,23-24H,21-22H2,1-12H3. The van der Waals surface area contributed by atoms with E-state index in [0.29, 0.717) is 13.2 Å². The fraction of sp³-hybridized carbons (Fsp3) is 0.586. The molecule has 38 heavy (non-hydrogen) atoms. The van der Waals surface area contributed by atoms with E-state index in [1.165, 1.54) is 11.1 Å². The summed E-state index contributed by atoms with van der Waals surface area (Å²) in [5, 5.41) is 0. The van der Waals surface area contributed by atoms with Crippen LogP contribution in [0.3, 0.4) is 0 Å². The van der Waals surface area contributed by atoms with E-state index in [2.05, 4.69) is 83.9 Å². The van der Waals surface area contributed by atoms with Crippen LogP contribution >= 0.6 is 0 Å². The van der Waals surface area contributed by atoms with Gasteiger partial charge >= 0.3 is 17.1 Å². The molecule has 0 spiro atoms. The molecule has 0 saturated heterocycles. The van der Waals surface area contributed by atoms with Crippen molar-refractivity contribution in [2.24, 2.45) is 0 Å². The Morgan fingerprint density at radius 1 is 0.632 bits per heavy atom. The Labute approximate surface area is 234 Å². The highest BCUT2D eigenvalue weighted by Gasteiger charge is 2.40. The lowest BCUT2D eigenvalue weighted by molar-refractivity contribution is 0.0716. The second kappa shape index (κ2) is 13.3. The summed E-state index contributed by atoms with van der Waals surface area (Å²) in [5.74, 6) is 1.67. The lowest BCUT2D eigenvalue weighted by atomic mass is 9.78. The van der Waals surface area contributed by atoms with Crippen LogP contribution in [-0.2, 0) is 22.8 Å². The van der Waals surface area contributed by atoms with Crippen LogP contribution < -0.4 is 9.47 Å². The smallest absolute Gasteiger partial charge is 0.323 e. The van der Waals surface area contributed by atoms with Crippen LogP contribution in [-0.4, -0.2) is 58.0 Å². The fourth-order valence-electron chi connectivity index (χ4n) is 4.49. The first kappa shape index (κ1) is 32.7. The molecule has 0 radical (unpaired) electrons. The molecule has 2 atom stereocenters. The molecule has 0 heterocycles. The van der Waals surface area contributed by atoms with E-state index in [1.807, 2.05) is 38.1 Å². The molecule has 0 aliphatic carbocycles. The van der Waals surface area contributed by atoms with E-state index in [4.69, 9.17) is 26.9 Å². The van der Waals surface area contributed by atoms with Crippen LogP contribution in [0.4, 0.5) is 0 Å². The summed E-state index contributed by atoms with van der Waals surface area (Å²) in [5.41, 5.74) is 2.28. The molecule has 9 heteroatoms. The van der Waals surface area contributed by atoms with Gasteiger partial charge in [0.2, 0.25) is 0 Å². The van der Waals surface area contributed by atoms with Crippen molar-refractivity contribution in [3.8, 4) is 11.5 Å². The lowest BCUT2D eigenvalue weighted by Gasteiger charge is -2.37. The minimum absolute atomic E-state index is 0.0616. The fourth-order valence-corrected chi connectivity index (χ4v) is 16.9. The van der Waals surface area contributed by atoms with E-state index in [0.717, 1.165) is 11.5 Å². The maximum Gasteiger partial charge on any atom is 0.323 e. The Morgan fingerprint density at radius 3 is 1.45 bits per heavy atom. The first-order valence-corrected chi connectivity index (χ1v) is 22.5. The molecular formula is C29H50O6Si3. The third kappa shape index (κ3) is 11.0. The number of rotatable bonds is 15. The minimum atomic E-state index is -2.36. The van der Waals surface area contributed by atoms with Gasteiger partial charge in [-0.1, -0.05) is 38.1 Å². The average molecular weight is 579 g/mol. The number of hydrogen-bond donors (Lipinski definition) is 0. The van der Waals surface area contributed by atoms with Crippen molar-refractivity contribution in [3.63, 3.8) is 0 Å². The zero-order valence-corrected chi connectivity index (χ0v) is 28.6. The normalized spacial score (nSPS) is 14.7. The summed E-state index contributed by atoms with van der Waals surface area (Å²) >= 11 is 0. The van der Waals surface area contributed by atoms with Gasteiger partial charge in [-0.25, -0.2) is 0 Å². The summed E-state index contributed by atoms with van der Waals surface area (Å²) < 4.78 is 36.3. The van der Waals surface area contributed by atoms with Crippen molar-refractivity contribution in [2.75, 3.05) is 20.3 Å². The Kier molecular flexibility index (Phi) is 11.4. The van der Waals surface area contributed by atoms with Crippen LogP contribution in [0.5, 0.6) is 11.5 Å². The van der Waals surface area contributed by atoms with Crippen molar-refractivity contribution in [1.29, 1.82) is 0 Å². The van der Waals surface area contributed by atoms with Crippen molar-refractivity contribution in [1.82, 2.24) is 0 Å². The summed E-state index contributed by atoms with van der Waals surface area (Å²) in [6, 6.07) is 16.6. The first-order valence-electron chi connectivity index (χ1n) is 13.5. The number of hydrogen-bond acceptors (Lipinski definition) is 6. The maximum absolute atomic E-state index is 6.45. The SMILES string of the molecule is COC(C)COc1ccc(C(C)(C)c2ccc(OCC(C)O[Si](C)(C)O[Si](C)(C)O[Si](C)(C)C)cc2)cc1. The largest absolute Gasteiger partial charge is 0.491 e. The molecular weight excluding hydrogens is 529 g/mol. The van der Waals surface area contributed by atoms with Gasteiger partial charge in [-0.3, -0.25) is 0 Å². The second-order valence-corrected chi connectivity index (χ2v) is 24.1. The van der Waals surface area contributed by atoms with Crippen LogP contribution in [0.2, 0.25) is 45.8 Å². The van der Waals surface area contributed by atoms with Gasteiger partial charge in [-0.15, -0.1) is 0 Å². The maximum atomic E-state index is 6.45. The predicted octanol–water partition coefficient (Wildman–Crippen LogP) is 7.48. The van der Waals surface area contributed by atoms with Crippen LogP contribution in [0.1, 0.15) is 38.8 Å². The third-order valence-corrected chi connectivity index (χ3v) is 15.4. The van der Waals surface area contributed by atoms with Gasteiger partial charge in [0.05, 0.1) is 12.2 Å². The molecule has 0 N–H and O–H groups in total. The molecule has 2 rings (SSSR count). The highest BCUT2D eigenvalue weighted by atomic mass is 28.5. The van der Waals surface area contributed by atoms with Gasteiger partial charge in [0.1, 0.15) is 24.7 Å². The first-order chi connectivity index (χ1) is 17.4. The van der Waals surface area contributed by atoms with Crippen LogP contribution in [0.15, 0.2) is 48.5 Å². The molecule has 6 nitrogen and oxygen atoms in total. The number of methoxy groups -OCH3 is 1. The molecule has 2 aromatic carbocycles. The molecule has 0 bridgehead atoms. The number of benzene rings is 2. The Morgan fingerprint density at radius 2 is 1.05 bits per heavy atom. The summed E-state index contributed by atoms with van der Waals surface area (Å²) in [7, 11) is -4.60. The monoisotopic (exact) mass is 578 g/mol. The van der Waals surface area contributed by atoms with Crippen molar-refractivity contribution in [3.05, 3.63) is 59.7 Å². The molecule has 2 aromatic rings. The number of ether oxygens (including phenoxy) is 3. The quantitative estimate of drug-likeness (QED) is 0.204. The second-order valence-electron chi connectivity index (χ2n) is 12.4. The minimum Gasteiger partial charge on any atom is -0.491 e. The third-order valence-electron chi connectivity index (χ3n) is 6.05. The van der Waals surface area contributed by atoms with Crippen molar-refractivity contribution < 1.29 is 26.9 Å². The van der Waals surface area contributed by atoms with Gasteiger partial charge < -0.3 is 26.9 Å². The van der Waals surface area contributed by atoms with Gasteiger partial charge in [-0.05, 0) is 95.1 Å². The van der Waals surface area contributed by atoms with Gasteiger partial charge in [0.25, 0.3) is 0 Å². The van der Waals surface area contributed by atoms with Gasteiger partial charge in [0, 0.05) is 12.5 Å². The molecule has 0 aromatic heterocycles. The topological polar surface area (TPSA) is 55.4 Å². The van der Waals surface area contributed by atoms with E-state index >= 15 is 0 Å². The molecule has 0 aliphatic heterocycles. The molecule has 0 amide bonds. The van der Waals surface area contributed by atoms with E-state index in [1.54, 1.807) is 7.11 Å². The van der Waals surface area contributed by atoms with Crippen molar-refractivity contribution >= 4 is 25.4 Å². The summed E-state index contributed by atoms with van der Waals surface area (Å²) in [6.07, 6.45) is -0.0245. The average Bonchev–Trinajstić information content (AvgIpc) is 2.79. The highest BCUT2D eigenvalue weighted by molar-refractivity contribution is 6.85.